The zero-order chi connectivity index (χ0) is 23.5. The lowest BCUT2D eigenvalue weighted by Crippen LogP contribution is -2.51. The van der Waals surface area contributed by atoms with E-state index in [9.17, 15) is 9.59 Å². The number of methoxy groups -OCH3 is 2. The number of benzene rings is 2. The molecule has 2 rings (SSSR count). The molecule has 0 aliphatic heterocycles. The molecule has 0 saturated heterocycles. The quantitative estimate of drug-likeness (QED) is 0.541. The van der Waals surface area contributed by atoms with Crippen LogP contribution in [-0.4, -0.2) is 49.6 Å². The van der Waals surface area contributed by atoms with Crippen LogP contribution in [0.25, 0.3) is 0 Å². The van der Waals surface area contributed by atoms with Crippen LogP contribution in [0.4, 0.5) is 0 Å². The monoisotopic (exact) mass is 442 g/mol. The molecule has 0 unspecified atom stereocenters. The van der Waals surface area contributed by atoms with Gasteiger partial charge in [-0.25, -0.2) is 0 Å². The van der Waals surface area contributed by atoms with Crippen molar-refractivity contribution in [3.8, 4) is 17.2 Å². The van der Waals surface area contributed by atoms with Crippen LogP contribution in [0, 0.1) is 0 Å². The van der Waals surface area contributed by atoms with E-state index in [1.807, 2.05) is 45.0 Å². The Hall–Kier alpha value is -3.22. The van der Waals surface area contributed by atoms with Crippen molar-refractivity contribution in [2.24, 2.45) is 0 Å². The molecule has 0 aromatic heterocycles. The minimum Gasteiger partial charge on any atom is -0.497 e. The zero-order valence-corrected chi connectivity index (χ0v) is 19.6. The van der Waals surface area contributed by atoms with Crippen LogP contribution >= 0.6 is 0 Å². The summed E-state index contributed by atoms with van der Waals surface area (Å²) in [6, 6.07) is 13.9. The Morgan fingerprint density at radius 3 is 2.19 bits per heavy atom. The standard InChI is InChI=1S/C25H34N2O5/c1-6-18(3)26-25(29)23(7-2)27(16-19-9-8-10-22(15-19)31-5)24(28)17-32-21-13-11-20(30-4)12-14-21/h8-15,18,23H,6-7,16-17H2,1-5H3,(H,26,29)/t18-,23+/m0/s1. The van der Waals surface area contributed by atoms with Crippen molar-refractivity contribution >= 4 is 11.8 Å². The van der Waals surface area contributed by atoms with E-state index in [1.54, 1.807) is 43.4 Å². The Morgan fingerprint density at radius 2 is 1.59 bits per heavy atom. The number of amides is 2. The molecule has 7 nitrogen and oxygen atoms in total. The number of hydrogen-bond donors (Lipinski definition) is 1. The Morgan fingerprint density at radius 1 is 0.938 bits per heavy atom. The Kier molecular flexibility index (Phi) is 9.85. The summed E-state index contributed by atoms with van der Waals surface area (Å²) in [4.78, 5) is 27.8. The molecule has 2 aromatic carbocycles. The second-order valence-corrected chi connectivity index (χ2v) is 7.58. The molecular formula is C25H34N2O5. The van der Waals surface area contributed by atoms with Crippen LogP contribution < -0.4 is 19.5 Å². The predicted molar refractivity (Wildman–Crippen MR) is 124 cm³/mol. The van der Waals surface area contributed by atoms with Gasteiger partial charge in [0.15, 0.2) is 6.61 Å². The summed E-state index contributed by atoms with van der Waals surface area (Å²) >= 11 is 0. The highest BCUT2D eigenvalue weighted by atomic mass is 16.5. The minimum absolute atomic E-state index is 0.0286. The molecule has 2 aromatic rings. The van der Waals surface area contributed by atoms with E-state index < -0.39 is 6.04 Å². The van der Waals surface area contributed by atoms with Gasteiger partial charge in [0, 0.05) is 12.6 Å². The highest BCUT2D eigenvalue weighted by Crippen LogP contribution is 2.19. The van der Waals surface area contributed by atoms with E-state index >= 15 is 0 Å². The summed E-state index contributed by atoms with van der Waals surface area (Å²) in [5, 5.41) is 3.00. The van der Waals surface area contributed by atoms with Gasteiger partial charge in [-0.15, -0.1) is 0 Å². The average Bonchev–Trinajstić information content (AvgIpc) is 2.82. The van der Waals surface area contributed by atoms with Crippen LogP contribution in [0.15, 0.2) is 48.5 Å². The van der Waals surface area contributed by atoms with Crippen molar-refractivity contribution in [1.29, 1.82) is 0 Å². The van der Waals surface area contributed by atoms with Gasteiger partial charge >= 0.3 is 0 Å². The van der Waals surface area contributed by atoms with Gasteiger partial charge in [0.05, 0.1) is 14.2 Å². The van der Waals surface area contributed by atoms with Gasteiger partial charge in [0.25, 0.3) is 5.91 Å². The van der Waals surface area contributed by atoms with Crippen LogP contribution in [0.2, 0.25) is 0 Å². The molecular weight excluding hydrogens is 408 g/mol. The van der Waals surface area contributed by atoms with E-state index in [0.29, 0.717) is 23.7 Å². The van der Waals surface area contributed by atoms with Crippen LogP contribution in [0.3, 0.4) is 0 Å². The Labute approximate surface area is 190 Å². The average molecular weight is 443 g/mol. The fraction of sp³-hybridized carbons (Fsp3) is 0.440. The van der Waals surface area contributed by atoms with Crippen molar-refractivity contribution in [3.63, 3.8) is 0 Å². The molecule has 0 saturated carbocycles. The number of carbonyl (C=O) groups is 2. The van der Waals surface area contributed by atoms with Crippen molar-refractivity contribution in [2.45, 2.75) is 52.2 Å². The maximum Gasteiger partial charge on any atom is 0.261 e. The SMILES string of the molecule is CC[C@H](C(=O)N[C@@H](C)CC)N(Cc1cccc(OC)c1)C(=O)COc1ccc(OC)cc1. The summed E-state index contributed by atoms with van der Waals surface area (Å²) in [5.41, 5.74) is 0.872. The maximum absolute atomic E-state index is 13.2. The highest BCUT2D eigenvalue weighted by molar-refractivity contribution is 5.88. The number of carbonyl (C=O) groups excluding carboxylic acids is 2. The number of nitrogens with zero attached hydrogens (tertiary/aromatic N) is 1. The predicted octanol–water partition coefficient (Wildman–Crippen LogP) is 3.80. The molecule has 0 aliphatic carbocycles. The first-order chi connectivity index (χ1) is 15.4. The second kappa shape index (κ2) is 12.6. The summed E-state index contributed by atoms with van der Waals surface area (Å²) in [6.45, 7) is 5.95. The second-order valence-electron chi connectivity index (χ2n) is 7.58. The Balaban J connectivity index is 2.21. The first-order valence-electron chi connectivity index (χ1n) is 10.9. The summed E-state index contributed by atoms with van der Waals surface area (Å²) in [7, 11) is 3.18. The molecule has 32 heavy (non-hydrogen) atoms. The fourth-order valence-electron chi connectivity index (χ4n) is 3.23. The summed E-state index contributed by atoms with van der Waals surface area (Å²) in [6.07, 6.45) is 1.30. The molecule has 0 spiro atoms. The van der Waals surface area contributed by atoms with E-state index in [1.165, 1.54) is 0 Å². The molecule has 2 amide bonds. The first kappa shape index (κ1) is 25.0. The van der Waals surface area contributed by atoms with Gasteiger partial charge in [-0.05, 0) is 61.7 Å². The molecule has 0 radical (unpaired) electrons. The number of rotatable bonds is 12. The topological polar surface area (TPSA) is 77.1 Å². The molecule has 0 heterocycles. The third kappa shape index (κ3) is 7.18. The van der Waals surface area contributed by atoms with Gasteiger partial charge in [0.1, 0.15) is 23.3 Å². The number of nitrogens with one attached hydrogen (secondary N) is 1. The molecule has 1 N–H and O–H groups in total. The van der Waals surface area contributed by atoms with Crippen molar-refractivity contribution in [2.75, 3.05) is 20.8 Å². The third-order valence-corrected chi connectivity index (χ3v) is 5.30. The van der Waals surface area contributed by atoms with E-state index in [2.05, 4.69) is 5.32 Å². The van der Waals surface area contributed by atoms with Gasteiger partial charge in [-0.3, -0.25) is 9.59 Å². The maximum atomic E-state index is 13.2. The summed E-state index contributed by atoms with van der Waals surface area (Å²) in [5.74, 6) is 1.52. The number of hydrogen-bond acceptors (Lipinski definition) is 5. The van der Waals surface area contributed by atoms with Gasteiger partial charge in [0.2, 0.25) is 5.91 Å². The van der Waals surface area contributed by atoms with Crippen molar-refractivity contribution in [3.05, 3.63) is 54.1 Å². The number of ether oxygens (including phenoxy) is 3. The zero-order valence-electron chi connectivity index (χ0n) is 19.6. The van der Waals surface area contributed by atoms with Gasteiger partial charge in [-0.2, -0.15) is 0 Å². The van der Waals surface area contributed by atoms with Crippen LogP contribution in [0.1, 0.15) is 39.2 Å². The molecule has 0 aliphatic rings. The van der Waals surface area contributed by atoms with E-state index in [0.717, 1.165) is 12.0 Å². The molecule has 174 valence electrons. The lowest BCUT2D eigenvalue weighted by molar-refractivity contribution is -0.143. The van der Waals surface area contributed by atoms with Crippen LogP contribution in [0.5, 0.6) is 17.2 Å². The van der Waals surface area contributed by atoms with E-state index in [4.69, 9.17) is 14.2 Å². The van der Waals surface area contributed by atoms with Crippen molar-refractivity contribution < 1.29 is 23.8 Å². The minimum atomic E-state index is -0.609. The molecule has 0 fully saturated rings. The lowest BCUT2D eigenvalue weighted by Gasteiger charge is -2.31. The molecule has 7 heteroatoms. The molecule has 2 atom stereocenters. The first-order valence-corrected chi connectivity index (χ1v) is 10.9. The highest BCUT2D eigenvalue weighted by Gasteiger charge is 2.29. The lowest BCUT2D eigenvalue weighted by atomic mass is 10.1. The molecule has 0 bridgehead atoms. The van der Waals surface area contributed by atoms with Crippen molar-refractivity contribution in [1.82, 2.24) is 10.2 Å². The summed E-state index contributed by atoms with van der Waals surface area (Å²) < 4.78 is 16.2. The van der Waals surface area contributed by atoms with Crippen LogP contribution in [-0.2, 0) is 16.1 Å². The smallest absolute Gasteiger partial charge is 0.261 e. The van der Waals surface area contributed by atoms with Gasteiger partial charge < -0.3 is 24.4 Å². The largest absolute Gasteiger partial charge is 0.497 e. The fourth-order valence-corrected chi connectivity index (χ4v) is 3.23. The third-order valence-electron chi connectivity index (χ3n) is 5.30. The van der Waals surface area contributed by atoms with E-state index in [-0.39, 0.29) is 31.0 Å². The van der Waals surface area contributed by atoms with Gasteiger partial charge in [-0.1, -0.05) is 26.0 Å². The Bertz CT molecular complexity index is 869. The normalized spacial score (nSPS) is 12.4.